The highest BCUT2D eigenvalue weighted by Gasteiger charge is 2.29. The summed E-state index contributed by atoms with van der Waals surface area (Å²) in [5, 5.41) is 11.7. The van der Waals surface area contributed by atoms with E-state index in [2.05, 4.69) is 99.6 Å². The molecule has 42 heavy (non-hydrogen) atoms. The topological polar surface area (TPSA) is 37.3 Å². The van der Waals surface area contributed by atoms with Gasteiger partial charge in [0.1, 0.15) is 0 Å². The first-order valence-corrected chi connectivity index (χ1v) is 17.3. The molecule has 0 aromatic heterocycles. The Hall–Kier alpha value is -2.35. The van der Waals surface area contributed by atoms with Crippen LogP contribution >= 0.6 is 0 Å². The number of carbonyl (C=O) groups is 1. The Morgan fingerprint density at radius 3 is 1.60 bits per heavy atom. The molecule has 0 aliphatic carbocycles. The lowest BCUT2D eigenvalue weighted by Crippen LogP contribution is -2.17. The summed E-state index contributed by atoms with van der Waals surface area (Å²) in [5.74, 6) is 1.34. The van der Waals surface area contributed by atoms with Gasteiger partial charge in [-0.2, -0.15) is 0 Å². The normalized spacial score (nSPS) is 15.7. The molecule has 0 spiro atoms. The van der Waals surface area contributed by atoms with Crippen molar-refractivity contribution < 1.29 is 9.90 Å². The fourth-order valence-corrected chi connectivity index (χ4v) is 7.03. The maximum Gasteiger partial charge on any atom is 0.227 e. The standard InChI is InChI=1S/C40H62O2/c1-11-16-27(6)32-21-22-34(28(7)17-12-2)33(25-32)26-37(41)40(42)39-36(30(9)19-14-4)24-23-35(29(8)18-13-3)38(39)31(10)20-15-5/h21-31,41H,11-20H2,1-10H3/b37-26-. The summed E-state index contributed by atoms with van der Waals surface area (Å²) in [6, 6.07) is 11.2. The average molecular weight is 575 g/mol. The zero-order valence-electron chi connectivity index (χ0n) is 28.8. The first-order valence-electron chi connectivity index (χ1n) is 17.3. The summed E-state index contributed by atoms with van der Waals surface area (Å²) in [5.41, 5.74) is 7.81. The van der Waals surface area contributed by atoms with Gasteiger partial charge in [-0.25, -0.2) is 0 Å². The molecule has 0 saturated heterocycles. The average Bonchev–Trinajstić information content (AvgIpc) is 2.96. The number of aliphatic hydroxyl groups excluding tert-OH is 1. The van der Waals surface area contributed by atoms with E-state index in [4.69, 9.17) is 0 Å². The molecule has 2 heteroatoms. The summed E-state index contributed by atoms with van der Waals surface area (Å²) in [6.45, 7) is 22.5. The fourth-order valence-electron chi connectivity index (χ4n) is 7.03. The second-order valence-corrected chi connectivity index (χ2v) is 13.2. The predicted octanol–water partition coefficient (Wildman–Crippen LogP) is 13.0. The monoisotopic (exact) mass is 574 g/mol. The van der Waals surface area contributed by atoms with Crippen molar-refractivity contribution in [2.45, 2.75) is 163 Å². The van der Waals surface area contributed by atoms with Crippen LogP contribution in [0.4, 0.5) is 0 Å². The molecule has 0 amide bonds. The van der Waals surface area contributed by atoms with E-state index >= 15 is 0 Å². The zero-order chi connectivity index (χ0) is 31.4. The minimum absolute atomic E-state index is 0.129. The van der Waals surface area contributed by atoms with Crippen molar-refractivity contribution in [1.82, 2.24) is 0 Å². The minimum atomic E-state index is -0.211. The van der Waals surface area contributed by atoms with Crippen molar-refractivity contribution in [3.05, 3.63) is 75.0 Å². The van der Waals surface area contributed by atoms with Gasteiger partial charge in [0.25, 0.3) is 0 Å². The lowest BCUT2D eigenvalue weighted by molar-refractivity contribution is 0.0977. The number of allylic oxidation sites excluding steroid dienone is 1. The van der Waals surface area contributed by atoms with Crippen molar-refractivity contribution in [1.29, 1.82) is 0 Å². The zero-order valence-corrected chi connectivity index (χ0v) is 28.8. The molecule has 0 aliphatic rings. The number of hydrogen-bond donors (Lipinski definition) is 1. The molecule has 1 N–H and O–H groups in total. The van der Waals surface area contributed by atoms with Crippen LogP contribution in [0.2, 0.25) is 0 Å². The van der Waals surface area contributed by atoms with E-state index in [1.54, 1.807) is 6.08 Å². The highest BCUT2D eigenvalue weighted by Crippen LogP contribution is 2.40. The van der Waals surface area contributed by atoms with Crippen LogP contribution in [0.1, 0.15) is 207 Å². The number of benzene rings is 2. The molecule has 0 aliphatic heterocycles. The first-order chi connectivity index (χ1) is 20.1. The van der Waals surface area contributed by atoms with Crippen LogP contribution in [-0.4, -0.2) is 10.9 Å². The lowest BCUT2D eigenvalue weighted by atomic mass is 9.77. The van der Waals surface area contributed by atoms with Gasteiger partial charge in [-0.1, -0.05) is 132 Å². The number of Topliss-reactive ketones (excluding diaryl/α,β-unsaturated/α-hetero) is 1. The van der Waals surface area contributed by atoms with E-state index in [0.717, 1.165) is 80.9 Å². The molecular weight excluding hydrogens is 512 g/mol. The van der Waals surface area contributed by atoms with Gasteiger partial charge < -0.3 is 5.11 Å². The van der Waals surface area contributed by atoms with E-state index in [1.807, 2.05) is 0 Å². The van der Waals surface area contributed by atoms with E-state index < -0.39 is 0 Å². The van der Waals surface area contributed by atoms with Crippen molar-refractivity contribution in [3.63, 3.8) is 0 Å². The summed E-state index contributed by atoms with van der Waals surface area (Å²) in [4.78, 5) is 14.6. The smallest absolute Gasteiger partial charge is 0.227 e. The van der Waals surface area contributed by atoms with Gasteiger partial charge in [0, 0.05) is 5.56 Å². The maximum absolute atomic E-state index is 14.6. The van der Waals surface area contributed by atoms with Gasteiger partial charge in [0.2, 0.25) is 5.78 Å². The molecule has 0 heterocycles. The van der Waals surface area contributed by atoms with Crippen LogP contribution in [0.15, 0.2) is 36.1 Å². The molecule has 0 bridgehead atoms. The highest BCUT2D eigenvalue weighted by atomic mass is 16.3. The van der Waals surface area contributed by atoms with Crippen molar-refractivity contribution in [2.24, 2.45) is 0 Å². The third kappa shape index (κ3) is 9.08. The summed E-state index contributed by atoms with van der Waals surface area (Å²) >= 11 is 0. The SMILES string of the molecule is CCCC(C)c1ccc(C(C)CCC)c(/C=C(\O)C(=O)c2c(C(C)CCC)ccc(C(C)CCC)c2C(C)CCC)c1. The van der Waals surface area contributed by atoms with E-state index in [0.29, 0.717) is 17.8 Å². The van der Waals surface area contributed by atoms with Crippen molar-refractivity contribution in [3.8, 4) is 0 Å². The molecule has 2 nitrogen and oxygen atoms in total. The van der Waals surface area contributed by atoms with Gasteiger partial charge in [0.05, 0.1) is 0 Å². The third-order valence-electron chi connectivity index (χ3n) is 9.44. The van der Waals surface area contributed by atoms with Crippen LogP contribution < -0.4 is 0 Å². The molecule has 2 aromatic rings. The molecule has 5 atom stereocenters. The van der Waals surface area contributed by atoms with Crippen LogP contribution in [0, 0.1) is 0 Å². The molecule has 5 unspecified atom stereocenters. The molecule has 0 radical (unpaired) electrons. The van der Waals surface area contributed by atoms with E-state index in [-0.39, 0.29) is 23.4 Å². The van der Waals surface area contributed by atoms with Crippen molar-refractivity contribution >= 4 is 11.9 Å². The Balaban J connectivity index is 2.83. The number of carbonyl (C=O) groups excluding carboxylic acids is 1. The highest BCUT2D eigenvalue weighted by molar-refractivity contribution is 6.12. The largest absolute Gasteiger partial charge is 0.504 e. The van der Waals surface area contributed by atoms with Crippen LogP contribution in [0.3, 0.4) is 0 Å². The Bertz CT molecular complexity index is 1160. The molecule has 0 fully saturated rings. The van der Waals surface area contributed by atoms with Crippen LogP contribution in [0.25, 0.3) is 6.08 Å². The summed E-state index contributed by atoms with van der Waals surface area (Å²) in [7, 11) is 0. The summed E-state index contributed by atoms with van der Waals surface area (Å²) < 4.78 is 0. The van der Waals surface area contributed by atoms with Gasteiger partial charge in [0.15, 0.2) is 5.76 Å². The number of ketones is 1. The second-order valence-electron chi connectivity index (χ2n) is 13.2. The second kappa shape index (κ2) is 17.7. The molecule has 2 aromatic carbocycles. The van der Waals surface area contributed by atoms with Gasteiger partial charge in [-0.15, -0.1) is 0 Å². The quantitative estimate of drug-likeness (QED) is 0.109. The minimum Gasteiger partial charge on any atom is -0.504 e. The summed E-state index contributed by atoms with van der Waals surface area (Å²) in [6.07, 6.45) is 12.6. The molecule has 234 valence electrons. The van der Waals surface area contributed by atoms with E-state index in [9.17, 15) is 9.90 Å². The Labute approximate surface area is 259 Å². The Morgan fingerprint density at radius 2 is 1.05 bits per heavy atom. The van der Waals surface area contributed by atoms with Gasteiger partial charge in [-0.05, 0) is 101 Å². The Kier molecular flexibility index (Phi) is 15.1. The number of rotatable bonds is 18. The van der Waals surface area contributed by atoms with E-state index in [1.165, 1.54) is 22.3 Å². The first kappa shape index (κ1) is 35.8. The number of hydrogen-bond acceptors (Lipinski definition) is 2. The maximum atomic E-state index is 14.6. The van der Waals surface area contributed by atoms with Crippen LogP contribution in [0.5, 0.6) is 0 Å². The third-order valence-corrected chi connectivity index (χ3v) is 9.44. The predicted molar refractivity (Wildman–Crippen MR) is 184 cm³/mol. The van der Waals surface area contributed by atoms with Gasteiger partial charge in [-0.3, -0.25) is 4.79 Å². The van der Waals surface area contributed by atoms with Crippen molar-refractivity contribution in [2.75, 3.05) is 0 Å². The number of aliphatic hydroxyl groups is 1. The molecule has 0 saturated carbocycles. The lowest BCUT2D eigenvalue weighted by Gasteiger charge is -2.27. The Morgan fingerprint density at radius 1 is 0.619 bits per heavy atom. The molecule has 2 rings (SSSR count). The van der Waals surface area contributed by atoms with Crippen LogP contribution in [-0.2, 0) is 0 Å². The fraction of sp³-hybridized carbons (Fsp3) is 0.625. The van der Waals surface area contributed by atoms with Gasteiger partial charge >= 0.3 is 0 Å². The molecular formula is C40H62O2.